The van der Waals surface area contributed by atoms with E-state index in [4.69, 9.17) is 9.47 Å². The van der Waals surface area contributed by atoms with Crippen molar-refractivity contribution in [2.75, 3.05) is 13.7 Å². The van der Waals surface area contributed by atoms with Gasteiger partial charge in [0.15, 0.2) is 11.5 Å². The first-order valence-electron chi connectivity index (χ1n) is 7.68. The fraction of sp³-hybridized carbons (Fsp3) is 0.588. The third kappa shape index (κ3) is 3.69. The van der Waals surface area contributed by atoms with Gasteiger partial charge in [0.1, 0.15) is 0 Å². The van der Waals surface area contributed by atoms with E-state index >= 15 is 0 Å². The quantitative estimate of drug-likeness (QED) is 0.852. The minimum absolute atomic E-state index is 0.0718. The summed E-state index contributed by atoms with van der Waals surface area (Å²) in [5.41, 5.74) is 0.664. The van der Waals surface area contributed by atoms with Gasteiger partial charge in [-0.3, -0.25) is 4.79 Å². The smallest absolute Gasteiger partial charge is 0.254 e. The van der Waals surface area contributed by atoms with Crippen LogP contribution in [0.4, 0.5) is 0 Å². The van der Waals surface area contributed by atoms with Gasteiger partial charge in [-0.25, -0.2) is 0 Å². The molecule has 0 saturated carbocycles. The van der Waals surface area contributed by atoms with E-state index in [-0.39, 0.29) is 12.0 Å². The number of piperidine rings is 1. The average molecular weight is 291 g/mol. The van der Waals surface area contributed by atoms with E-state index in [2.05, 4.69) is 6.92 Å². The molecule has 1 amide bonds. The van der Waals surface area contributed by atoms with Crippen molar-refractivity contribution < 1.29 is 14.3 Å². The van der Waals surface area contributed by atoms with Crippen LogP contribution in [0.3, 0.4) is 0 Å². The Balaban J connectivity index is 2.21. The van der Waals surface area contributed by atoms with Gasteiger partial charge >= 0.3 is 0 Å². The molecule has 0 N–H and O–H groups in total. The van der Waals surface area contributed by atoms with E-state index in [0.717, 1.165) is 19.4 Å². The SMILES string of the molecule is COc1cc(C(=O)N2CCCCC2C)ccc1OC(C)C. The van der Waals surface area contributed by atoms with E-state index < -0.39 is 0 Å². The minimum atomic E-state index is 0.0718. The second-order valence-corrected chi connectivity index (χ2v) is 5.88. The third-order valence-corrected chi connectivity index (χ3v) is 3.84. The molecule has 1 saturated heterocycles. The summed E-state index contributed by atoms with van der Waals surface area (Å²) in [6, 6.07) is 5.73. The van der Waals surface area contributed by atoms with Crippen LogP contribution >= 0.6 is 0 Å². The highest BCUT2D eigenvalue weighted by molar-refractivity contribution is 5.95. The second kappa shape index (κ2) is 6.83. The van der Waals surface area contributed by atoms with Gasteiger partial charge in [-0.2, -0.15) is 0 Å². The Morgan fingerprint density at radius 3 is 2.67 bits per heavy atom. The van der Waals surface area contributed by atoms with Crippen molar-refractivity contribution in [1.82, 2.24) is 4.90 Å². The van der Waals surface area contributed by atoms with E-state index in [0.29, 0.717) is 23.1 Å². The van der Waals surface area contributed by atoms with Crippen LogP contribution in [0.5, 0.6) is 11.5 Å². The van der Waals surface area contributed by atoms with Gasteiger partial charge in [-0.1, -0.05) is 0 Å². The summed E-state index contributed by atoms with van der Waals surface area (Å²) in [7, 11) is 1.60. The maximum Gasteiger partial charge on any atom is 0.254 e. The van der Waals surface area contributed by atoms with Crippen LogP contribution < -0.4 is 9.47 Å². The normalized spacial score (nSPS) is 18.7. The zero-order chi connectivity index (χ0) is 15.4. The molecular formula is C17H25NO3. The van der Waals surface area contributed by atoms with Gasteiger partial charge in [-0.05, 0) is 58.2 Å². The molecular weight excluding hydrogens is 266 g/mol. The second-order valence-electron chi connectivity index (χ2n) is 5.88. The maximum atomic E-state index is 12.6. The largest absolute Gasteiger partial charge is 0.493 e. The topological polar surface area (TPSA) is 38.8 Å². The highest BCUT2D eigenvalue weighted by Crippen LogP contribution is 2.30. The van der Waals surface area contributed by atoms with Gasteiger partial charge in [0, 0.05) is 18.2 Å². The molecule has 0 aliphatic carbocycles. The van der Waals surface area contributed by atoms with Crippen molar-refractivity contribution in [3.63, 3.8) is 0 Å². The summed E-state index contributed by atoms with van der Waals surface area (Å²) < 4.78 is 11.0. The van der Waals surface area contributed by atoms with Crippen molar-refractivity contribution in [2.45, 2.75) is 52.2 Å². The van der Waals surface area contributed by atoms with Crippen molar-refractivity contribution >= 4 is 5.91 Å². The summed E-state index contributed by atoms with van der Waals surface area (Å²) in [4.78, 5) is 14.6. The average Bonchev–Trinajstić information content (AvgIpc) is 2.47. The first kappa shape index (κ1) is 15.7. The van der Waals surface area contributed by atoms with Gasteiger partial charge in [0.05, 0.1) is 13.2 Å². The zero-order valence-electron chi connectivity index (χ0n) is 13.4. The van der Waals surface area contributed by atoms with Crippen molar-refractivity contribution in [3.05, 3.63) is 23.8 Å². The number of carbonyl (C=O) groups is 1. The van der Waals surface area contributed by atoms with Gasteiger partial charge < -0.3 is 14.4 Å². The highest BCUT2D eigenvalue weighted by Gasteiger charge is 2.25. The lowest BCUT2D eigenvalue weighted by molar-refractivity contribution is 0.0635. The number of amides is 1. The number of nitrogens with zero attached hydrogens (tertiary/aromatic N) is 1. The molecule has 1 aromatic rings. The van der Waals surface area contributed by atoms with Crippen LogP contribution in [0.25, 0.3) is 0 Å². The number of benzene rings is 1. The Kier molecular flexibility index (Phi) is 5.10. The molecule has 4 nitrogen and oxygen atoms in total. The number of rotatable bonds is 4. The molecule has 2 rings (SSSR count). The summed E-state index contributed by atoms with van der Waals surface area (Å²) in [5, 5.41) is 0. The Morgan fingerprint density at radius 1 is 1.29 bits per heavy atom. The molecule has 1 aromatic carbocycles. The van der Waals surface area contributed by atoms with Crippen molar-refractivity contribution in [1.29, 1.82) is 0 Å². The number of ether oxygens (including phenoxy) is 2. The molecule has 116 valence electrons. The van der Waals surface area contributed by atoms with Crippen molar-refractivity contribution in [2.24, 2.45) is 0 Å². The number of hydrogen-bond acceptors (Lipinski definition) is 3. The Labute approximate surface area is 127 Å². The summed E-state index contributed by atoms with van der Waals surface area (Å²) >= 11 is 0. The minimum Gasteiger partial charge on any atom is -0.493 e. The van der Waals surface area contributed by atoms with Crippen LogP contribution in [-0.4, -0.2) is 36.6 Å². The number of likely N-dealkylation sites (tertiary alicyclic amines) is 1. The number of methoxy groups -OCH3 is 1. The van der Waals surface area contributed by atoms with Crippen LogP contribution in [-0.2, 0) is 0 Å². The van der Waals surface area contributed by atoms with E-state index in [1.165, 1.54) is 6.42 Å². The lowest BCUT2D eigenvalue weighted by Gasteiger charge is -2.33. The predicted molar refractivity (Wildman–Crippen MR) is 83.1 cm³/mol. The van der Waals surface area contributed by atoms with Crippen molar-refractivity contribution in [3.8, 4) is 11.5 Å². The van der Waals surface area contributed by atoms with Crippen LogP contribution in [0.1, 0.15) is 50.4 Å². The lowest BCUT2D eigenvalue weighted by Crippen LogP contribution is -2.42. The van der Waals surface area contributed by atoms with Crippen LogP contribution in [0.2, 0.25) is 0 Å². The lowest BCUT2D eigenvalue weighted by atomic mass is 10.0. The summed E-state index contributed by atoms with van der Waals surface area (Å²) in [6.07, 6.45) is 3.44. The van der Waals surface area contributed by atoms with Crippen LogP contribution in [0, 0.1) is 0 Å². The van der Waals surface area contributed by atoms with Gasteiger partial charge in [-0.15, -0.1) is 0 Å². The van der Waals surface area contributed by atoms with E-state index in [1.54, 1.807) is 13.2 Å². The standard InChI is InChI=1S/C17H25NO3/c1-12(2)21-15-9-8-14(11-16(15)20-4)17(19)18-10-6-5-7-13(18)3/h8-9,11-13H,5-7,10H2,1-4H3. The molecule has 0 radical (unpaired) electrons. The number of hydrogen-bond donors (Lipinski definition) is 0. The van der Waals surface area contributed by atoms with E-state index in [1.807, 2.05) is 30.9 Å². The Morgan fingerprint density at radius 2 is 2.05 bits per heavy atom. The van der Waals surface area contributed by atoms with Gasteiger partial charge in [0.25, 0.3) is 5.91 Å². The van der Waals surface area contributed by atoms with Crippen LogP contribution in [0.15, 0.2) is 18.2 Å². The zero-order valence-corrected chi connectivity index (χ0v) is 13.4. The highest BCUT2D eigenvalue weighted by atomic mass is 16.5. The molecule has 1 fully saturated rings. The molecule has 0 spiro atoms. The molecule has 21 heavy (non-hydrogen) atoms. The monoisotopic (exact) mass is 291 g/mol. The Bertz CT molecular complexity index is 499. The maximum absolute atomic E-state index is 12.6. The molecule has 1 atom stereocenters. The number of carbonyl (C=O) groups excluding carboxylic acids is 1. The third-order valence-electron chi connectivity index (χ3n) is 3.84. The molecule has 1 unspecified atom stereocenters. The molecule has 1 aliphatic rings. The Hall–Kier alpha value is -1.71. The first-order valence-corrected chi connectivity index (χ1v) is 7.68. The summed E-state index contributed by atoms with van der Waals surface area (Å²) in [6.45, 7) is 6.89. The first-order chi connectivity index (χ1) is 10.0. The molecule has 4 heteroatoms. The fourth-order valence-corrected chi connectivity index (χ4v) is 2.72. The predicted octanol–water partition coefficient (Wildman–Crippen LogP) is 3.50. The fourth-order valence-electron chi connectivity index (χ4n) is 2.72. The molecule has 1 heterocycles. The molecule has 1 aliphatic heterocycles. The molecule has 0 aromatic heterocycles. The molecule has 0 bridgehead atoms. The summed E-state index contributed by atoms with van der Waals surface area (Å²) in [5.74, 6) is 1.37. The van der Waals surface area contributed by atoms with E-state index in [9.17, 15) is 4.79 Å². The van der Waals surface area contributed by atoms with Gasteiger partial charge in [0.2, 0.25) is 0 Å².